The lowest BCUT2D eigenvalue weighted by molar-refractivity contribution is 0.168. The van der Waals surface area contributed by atoms with Crippen LogP contribution in [0.25, 0.3) is 0 Å². The predicted octanol–water partition coefficient (Wildman–Crippen LogP) is 2.45. The Balaban J connectivity index is 2.59. The smallest absolute Gasteiger partial charge is 0.314 e. The van der Waals surface area contributed by atoms with E-state index in [9.17, 15) is 9.90 Å². The highest BCUT2D eigenvalue weighted by Crippen LogP contribution is 2.14. The molecule has 0 unspecified atom stereocenters. The van der Waals surface area contributed by atoms with E-state index in [1.54, 1.807) is 0 Å². The maximum absolute atomic E-state index is 10.1. The molecule has 0 aliphatic heterocycles. The lowest BCUT2D eigenvalue weighted by atomic mass is 10.0. The van der Waals surface area contributed by atoms with Crippen molar-refractivity contribution >= 4 is 6.09 Å². The second kappa shape index (κ2) is 4.65. The van der Waals surface area contributed by atoms with E-state index in [1.807, 2.05) is 24.3 Å². The van der Waals surface area contributed by atoms with E-state index in [2.05, 4.69) is 19.2 Å². The topological polar surface area (TPSA) is 49.0 Å². The molecule has 1 radical (unpaired) electrons. The van der Waals surface area contributed by atoms with Crippen molar-refractivity contribution < 1.29 is 9.90 Å². The molecule has 0 atom stereocenters. The molecule has 0 fully saturated rings. The minimum atomic E-state index is -1.24. The second-order valence-corrected chi connectivity index (χ2v) is 3.54. The van der Waals surface area contributed by atoms with Crippen LogP contribution in [0.1, 0.15) is 30.9 Å². The molecule has 1 N–H and O–H groups in total. The molecule has 1 amide bonds. The molecule has 0 saturated heterocycles. The maximum Gasteiger partial charge on any atom is 0.450 e. The first-order valence-electron chi connectivity index (χ1n) is 4.63. The van der Waals surface area contributed by atoms with Crippen LogP contribution in [0, 0.1) is 0 Å². The van der Waals surface area contributed by atoms with Crippen molar-refractivity contribution in [2.75, 3.05) is 0 Å². The molecule has 3 nitrogen and oxygen atoms in total. The van der Waals surface area contributed by atoms with Crippen LogP contribution in [0.3, 0.4) is 0 Å². The molecule has 3 heteroatoms. The fraction of sp³-hybridized carbons (Fsp3) is 0.364. The fourth-order valence-corrected chi connectivity index (χ4v) is 1.19. The van der Waals surface area contributed by atoms with Crippen molar-refractivity contribution in [2.24, 2.45) is 0 Å². The SMILES string of the molecule is CC(C)c1ccc(CNC([O])=O)cc1. The Bertz CT molecular complexity index is 304. The third-order valence-corrected chi connectivity index (χ3v) is 2.08. The van der Waals surface area contributed by atoms with Gasteiger partial charge in [0.05, 0.1) is 0 Å². The molecule has 0 aromatic heterocycles. The van der Waals surface area contributed by atoms with E-state index >= 15 is 0 Å². The van der Waals surface area contributed by atoms with E-state index in [0.717, 1.165) is 5.56 Å². The minimum absolute atomic E-state index is 0.306. The summed E-state index contributed by atoms with van der Waals surface area (Å²) in [4.78, 5) is 10.1. The van der Waals surface area contributed by atoms with Crippen molar-refractivity contribution in [3.05, 3.63) is 35.4 Å². The van der Waals surface area contributed by atoms with Gasteiger partial charge in [-0.1, -0.05) is 38.1 Å². The van der Waals surface area contributed by atoms with Crippen LogP contribution in [0.5, 0.6) is 0 Å². The van der Waals surface area contributed by atoms with Gasteiger partial charge >= 0.3 is 6.09 Å². The zero-order chi connectivity index (χ0) is 10.6. The van der Waals surface area contributed by atoms with E-state index in [4.69, 9.17) is 0 Å². The molecule has 0 aliphatic carbocycles. The zero-order valence-electron chi connectivity index (χ0n) is 8.41. The first-order valence-corrected chi connectivity index (χ1v) is 4.63. The molecule has 0 aliphatic rings. The highest BCUT2D eigenvalue weighted by molar-refractivity contribution is 5.63. The summed E-state index contributed by atoms with van der Waals surface area (Å²) < 4.78 is 0. The van der Waals surface area contributed by atoms with Crippen molar-refractivity contribution in [3.63, 3.8) is 0 Å². The van der Waals surface area contributed by atoms with Crippen molar-refractivity contribution in [1.82, 2.24) is 5.32 Å². The third kappa shape index (κ3) is 3.09. The lowest BCUT2D eigenvalue weighted by Gasteiger charge is -2.06. The van der Waals surface area contributed by atoms with Crippen LogP contribution < -0.4 is 5.32 Å². The standard InChI is InChI=1S/C11H14NO2/c1-8(2)10-5-3-9(4-6-10)7-12-11(13)14/h3-6,8,12H,7H2,1-2H3. The maximum atomic E-state index is 10.1. The molecule has 1 rings (SSSR count). The molecular weight excluding hydrogens is 178 g/mol. The Kier molecular flexibility index (Phi) is 3.51. The lowest BCUT2D eigenvalue weighted by Crippen LogP contribution is -2.18. The first kappa shape index (κ1) is 10.6. The van der Waals surface area contributed by atoms with E-state index in [1.165, 1.54) is 5.56 Å². The van der Waals surface area contributed by atoms with Crippen LogP contribution in [0.15, 0.2) is 24.3 Å². The Morgan fingerprint density at radius 2 is 1.86 bits per heavy atom. The van der Waals surface area contributed by atoms with Crippen LogP contribution in [0.2, 0.25) is 0 Å². The molecule has 0 spiro atoms. The molecule has 0 bridgehead atoms. The predicted molar refractivity (Wildman–Crippen MR) is 53.5 cm³/mol. The number of hydrogen-bond acceptors (Lipinski definition) is 1. The fourth-order valence-electron chi connectivity index (χ4n) is 1.19. The van der Waals surface area contributed by atoms with Gasteiger partial charge < -0.3 is 5.32 Å². The average Bonchev–Trinajstić information content (AvgIpc) is 2.15. The number of carbonyl (C=O) groups excluding carboxylic acids is 1. The normalized spacial score (nSPS) is 10.2. The number of benzene rings is 1. The van der Waals surface area contributed by atoms with E-state index in [-0.39, 0.29) is 0 Å². The monoisotopic (exact) mass is 192 g/mol. The molecule has 1 aromatic rings. The summed E-state index contributed by atoms with van der Waals surface area (Å²) in [6.07, 6.45) is -1.24. The molecule has 14 heavy (non-hydrogen) atoms. The summed E-state index contributed by atoms with van der Waals surface area (Å²) in [7, 11) is 0. The number of rotatable bonds is 3. The Hall–Kier alpha value is -1.51. The Morgan fingerprint density at radius 1 is 1.29 bits per heavy atom. The molecule has 0 heterocycles. The third-order valence-electron chi connectivity index (χ3n) is 2.08. The summed E-state index contributed by atoms with van der Waals surface area (Å²) in [5.41, 5.74) is 2.20. The second-order valence-electron chi connectivity index (χ2n) is 3.54. The average molecular weight is 192 g/mol. The van der Waals surface area contributed by atoms with Gasteiger partial charge in [0.2, 0.25) is 0 Å². The van der Waals surface area contributed by atoms with Crippen LogP contribution in [-0.4, -0.2) is 6.09 Å². The van der Waals surface area contributed by atoms with Gasteiger partial charge in [-0.25, -0.2) is 9.90 Å². The quantitative estimate of drug-likeness (QED) is 0.785. The summed E-state index contributed by atoms with van der Waals surface area (Å²) in [5.74, 6) is 0.498. The number of hydrogen-bond donors (Lipinski definition) is 1. The summed E-state index contributed by atoms with van der Waals surface area (Å²) in [6, 6.07) is 7.87. The van der Waals surface area contributed by atoms with Gasteiger partial charge in [-0.05, 0) is 17.0 Å². The van der Waals surface area contributed by atoms with Crippen molar-refractivity contribution in [3.8, 4) is 0 Å². The Morgan fingerprint density at radius 3 is 2.29 bits per heavy atom. The largest absolute Gasteiger partial charge is 0.450 e. The first-order chi connectivity index (χ1) is 6.59. The molecule has 75 valence electrons. The van der Waals surface area contributed by atoms with Gasteiger partial charge in [0.15, 0.2) is 0 Å². The summed E-state index contributed by atoms with van der Waals surface area (Å²) in [6.45, 7) is 4.55. The number of amides is 1. The van der Waals surface area contributed by atoms with Gasteiger partial charge in [0.25, 0.3) is 0 Å². The van der Waals surface area contributed by atoms with Gasteiger partial charge in [-0.3, -0.25) is 0 Å². The van der Waals surface area contributed by atoms with E-state index < -0.39 is 6.09 Å². The molecule has 0 saturated carbocycles. The van der Waals surface area contributed by atoms with Crippen LogP contribution in [-0.2, 0) is 11.7 Å². The van der Waals surface area contributed by atoms with Crippen molar-refractivity contribution in [2.45, 2.75) is 26.3 Å². The molecule has 1 aromatic carbocycles. The highest BCUT2D eigenvalue weighted by atomic mass is 16.4. The van der Waals surface area contributed by atoms with Crippen LogP contribution in [0.4, 0.5) is 4.79 Å². The summed E-state index contributed by atoms with van der Waals surface area (Å²) >= 11 is 0. The van der Waals surface area contributed by atoms with Gasteiger partial charge in [0.1, 0.15) is 0 Å². The van der Waals surface area contributed by atoms with E-state index in [0.29, 0.717) is 12.5 Å². The van der Waals surface area contributed by atoms with Crippen molar-refractivity contribution in [1.29, 1.82) is 0 Å². The van der Waals surface area contributed by atoms with Gasteiger partial charge in [-0.2, -0.15) is 0 Å². The minimum Gasteiger partial charge on any atom is -0.314 e. The van der Waals surface area contributed by atoms with Gasteiger partial charge in [-0.15, -0.1) is 0 Å². The van der Waals surface area contributed by atoms with Crippen LogP contribution >= 0.6 is 0 Å². The van der Waals surface area contributed by atoms with Gasteiger partial charge in [0, 0.05) is 6.54 Å². The highest BCUT2D eigenvalue weighted by Gasteiger charge is 2.00. The Labute approximate surface area is 83.8 Å². The number of carbonyl (C=O) groups is 1. The number of nitrogens with one attached hydrogen (secondary N) is 1. The molecular formula is C11H14NO2. The summed E-state index contributed by atoms with van der Waals surface area (Å²) in [5, 5.41) is 12.3. The zero-order valence-corrected chi connectivity index (χ0v) is 8.41.